The van der Waals surface area contributed by atoms with E-state index in [2.05, 4.69) is 78.1 Å². The number of esters is 1. The van der Waals surface area contributed by atoms with Gasteiger partial charge in [-0.25, -0.2) is 0 Å². The summed E-state index contributed by atoms with van der Waals surface area (Å²) >= 11 is 1.83. The molecule has 176 valence electrons. The maximum Gasteiger partial charge on any atom is 0.306 e. The minimum absolute atomic E-state index is 0.0363. The lowest BCUT2D eigenvalue weighted by Gasteiger charge is -2.37. The van der Waals surface area contributed by atoms with E-state index in [1.54, 1.807) is 6.92 Å². The molecule has 0 saturated carbocycles. The van der Waals surface area contributed by atoms with Crippen LogP contribution in [0.1, 0.15) is 54.5 Å². The fraction of sp³-hybridized carbons (Fsp3) is 0.310. The number of aryl methyl sites for hydroxylation is 2. The Kier molecular flexibility index (Phi) is 7.73. The molecule has 1 heterocycles. The number of amides is 1. The van der Waals surface area contributed by atoms with Gasteiger partial charge in [-0.2, -0.15) is 0 Å². The summed E-state index contributed by atoms with van der Waals surface area (Å²) in [7, 11) is 0. The first kappa shape index (κ1) is 24.1. The number of benzene rings is 3. The molecule has 0 fully saturated rings. The van der Waals surface area contributed by atoms with E-state index in [4.69, 9.17) is 4.74 Å². The first-order valence-electron chi connectivity index (χ1n) is 11.8. The number of rotatable bonds is 8. The van der Waals surface area contributed by atoms with Crippen molar-refractivity contribution in [2.75, 3.05) is 6.61 Å². The molecule has 3 aromatic carbocycles. The van der Waals surface area contributed by atoms with Crippen LogP contribution >= 0.6 is 11.8 Å². The minimum Gasteiger partial charge on any atom is -0.466 e. The maximum absolute atomic E-state index is 12.5. The maximum atomic E-state index is 12.5. The van der Waals surface area contributed by atoms with Crippen molar-refractivity contribution in [3.05, 3.63) is 101 Å². The molecule has 5 heteroatoms. The average molecular weight is 474 g/mol. The molecular weight excluding hydrogens is 442 g/mol. The normalized spacial score (nSPS) is 16.6. The van der Waals surface area contributed by atoms with Gasteiger partial charge < -0.3 is 10.1 Å². The molecule has 1 aliphatic heterocycles. The number of carbonyl (C=O) groups excluding carboxylic acids is 2. The van der Waals surface area contributed by atoms with Gasteiger partial charge >= 0.3 is 5.97 Å². The van der Waals surface area contributed by atoms with E-state index in [0.717, 1.165) is 29.7 Å². The van der Waals surface area contributed by atoms with E-state index in [1.165, 1.54) is 21.6 Å². The van der Waals surface area contributed by atoms with E-state index in [0.29, 0.717) is 19.4 Å². The second kappa shape index (κ2) is 10.9. The molecule has 3 aromatic rings. The molecule has 4 rings (SSSR count). The lowest BCUT2D eigenvalue weighted by Crippen LogP contribution is -2.47. The first-order chi connectivity index (χ1) is 16.5. The summed E-state index contributed by atoms with van der Waals surface area (Å²) in [6.45, 7) is 3.84. The van der Waals surface area contributed by atoms with E-state index in [9.17, 15) is 9.59 Å². The highest BCUT2D eigenvalue weighted by atomic mass is 32.2. The molecule has 1 N–H and O–H groups in total. The molecule has 1 atom stereocenters. The third kappa shape index (κ3) is 5.36. The van der Waals surface area contributed by atoms with Crippen LogP contribution in [0.15, 0.2) is 77.7 Å². The summed E-state index contributed by atoms with van der Waals surface area (Å²) in [4.78, 5) is 25.4. The van der Waals surface area contributed by atoms with Crippen molar-refractivity contribution in [3.63, 3.8) is 0 Å². The van der Waals surface area contributed by atoms with Gasteiger partial charge in [-0.15, -0.1) is 11.8 Å². The lowest BCUT2D eigenvalue weighted by molar-refractivity contribution is -0.143. The van der Waals surface area contributed by atoms with Crippen molar-refractivity contribution < 1.29 is 14.3 Å². The molecule has 4 nitrogen and oxygen atoms in total. The third-order valence-corrected chi connectivity index (χ3v) is 7.45. The van der Waals surface area contributed by atoms with Crippen molar-refractivity contribution >= 4 is 23.6 Å². The lowest BCUT2D eigenvalue weighted by atomic mass is 9.76. The van der Waals surface area contributed by atoms with Gasteiger partial charge in [0.25, 0.3) is 0 Å². The average Bonchev–Trinajstić information content (AvgIpc) is 2.98. The quantitative estimate of drug-likeness (QED) is 0.420. The molecule has 1 unspecified atom stereocenters. The summed E-state index contributed by atoms with van der Waals surface area (Å²) < 4.78 is 5.03. The molecule has 0 saturated heterocycles. The van der Waals surface area contributed by atoms with Gasteiger partial charge in [-0.3, -0.25) is 9.59 Å². The van der Waals surface area contributed by atoms with Crippen LogP contribution in [-0.2, 0) is 38.5 Å². The largest absolute Gasteiger partial charge is 0.466 e. The van der Waals surface area contributed by atoms with E-state index >= 15 is 0 Å². The SMILES string of the molecule is CCOC(=O)CCc1ccc(CCC2(NC(C)=O)c3ccccc3CSc3ccccc32)cc1. The van der Waals surface area contributed by atoms with Crippen LogP contribution in [0.4, 0.5) is 0 Å². The zero-order valence-corrected chi connectivity index (χ0v) is 20.6. The predicted octanol–water partition coefficient (Wildman–Crippen LogP) is 5.80. The minimum atomic E-state index is -0.592. The molecule has 1 aliphatic rings. The Balaban J connectivity index is 1.62. The van der Waals surface area contributed by atoms with Crippen LogP contribution in [0.3, 0.4) is 0 Å². The topological polar surface area (TPSA) is 55.4 Å². The van der Waals surface area contributed by atoms with Crippen molar-refractivity contribution in [1.29, 1.82) is 0 Å². The van der Waals surface area contributed by atoms with Gasteiger partial charge in [0.05, 0.1) is 12.1 Å². The van der Waals surface area contributed by atoms with Crippen LogP contribution in [0.25, 0.3) is 0 Å². The van der Waals surface area contributed by atoms with Crippen LogP contribution in [0, 0.1) is 0 Å². The predicted molar refractivity (Wildman–Crippen MR) is 137 cm³/mol. The second-order valence-corrected chi connectivity index (χ2v) is 9.67. The Hall–Kier alpha value is -3.05. The van der Waals surface area contributed by atoms with Crippen molar-refractivity contribution in [2.24, 2.45) is 0 Å². The molecule has 0 aliphatic carbocycles. The van der Waals surface area contributed by atoms with Gasteiger partial charge in [-0.05, 0) is 60.1 Å². The van der Waals surface area contributed by atoms with Crippen molar-refractivity contribution in [3.8, 4) is 0 Å². The monoisotopic (exact) mass is 473 g/mol. The Morgan fingerprint density at radius 2 is 1.56 bits per heavy atom. The zero-order valence-electron chi connectivity index (χ0n) is 19.8. The first-order valence-corrected chi connectivity index (χ1v) is 12.8. The van der Waals surface area contributed by atoms with Crippen LogP contribution < -0.4 is 5.32 Å². The van der Waals surface area contributed by atoms with Crippen LogP contribution in [0.5, 0.6) is 0 Å². The smallest absolute Gasteiger partial charge is 0.306 e. The number of hydrogen-bond acceptors (Lipinski definition) is 4. The van der Waals surface area contributed by atoms with Crippen molar-refractivity contribution in [2.45, 2.75) is 55.7 Å². The van der Waals surface area contributed by atoms with Crippen molar-refractivity contribution in [1.82, 2.24) is 5.32 Å². The van der Waals surface area contributed by atoms with E-state index < -0.39 is 5.54 Å². The fourth-order valence-electron chi connectivity index (χ4n) is 4.76. The highest BCUT2D eigenvalue weighted by molar-refractivity contribution is 7.98. The summed E-state index contributed by atoms with van der Waals surface area (Å²) in [5.74, 6) is 0.683. The molecular formula is C29H31NO3S. The third-order valence-electron chi connectivity index (χ3n) is 6.33. The van der Waals surface area contributed by atoms with Gasteiger partial charge in [-0.1, -0.05) is 66.7 Å². The Morgan fingerprint density at radius 1 is 0.912 bits per heavy atom. The summed E-state index contributed by atoms with van der Waals surface area (Å²) in [5, 5.41) is 3.37. The molecule has 0 radical (unpaired) electrons. The van der Waals surface area contributed by atoms with Gasteiger partial charge in [0.2, 0.25) is 5.91 Å². The van der Waals surface area contributed by atoms with Gasteiger partial charge in [0.15, 0.2) is 0 Å². The van der Waals surface area contributed by atoms with Gasteiger partial charge in [0, 0.05) is 24.0 Å². The summed E-state index contributed by atoms with van der Waals surface area (Å²) in [6.07, 6.45) is 2.63. The Morgan fingerprint density at radius 3 is 2.26 bits per heavy atom. The number of hydrogen-bond donors (Lipinski definition) is 1. The Labute approximate surface area is 206 Å². The summed E-state index contributed by atoms with van der Waals surface area (Å²) in [6, 6.07) is 25.3. The number of ether oxygens (including phenoxy) is 1. The van der Waals surface area contributed by atoms with Crippen LogP contribution in [-0.4, -0.2) is 18.5 Å². The zero-order chi connectivity index (χ0) is 24.0. The Bertz CT molecular complexity index is 1110. The second-order valence-electron chi connectivity index (χ2n) is 8.65. The van der Waals surface area contributed by atoms with Crippen LogP contribution in [0.2, 0.25) is 0 Å². The van der Waals surface area contributed by atoms with Gasteiger partial charge in [0.1, 0.15) is 0 Å². The molecule has 0 spiro atoms. The highest BCUT2D eigenvalue weighted by Crippen LogP contribution is 2.45. The fourth-order valence-corrected chi connectivity index (χ4v) is 5.89. The molecule has 1 amide bonds. The number of carbonyl (C=O) groups is 2. The molecule has 0 aromatic heterocycles. The standard InChI is InChI=1S/C29H31NO3S/c1-3-33-28(32)17-16-22-12-14-23(15-13-22)18-19-29(30-21(2)31)25-9-5-4-8-24(25)20-34-27-11-7-6-10-26(27)29/h4-15H,3,16-20H2,1-2H3,(H,30,31). The highest BCUT2D eigenvalue weighted by Gasteiger charge is 2.39. The van der Waals surface area contributed by atoms with E-state index in [1.807, 2.05) is 18.7 Å². The number of fused-ring (bicyclic) bond motifs is 2. The molecule has 34 heavy (non-hydrogen) atoms. The number of thioether (sulfide) groups is 1. The molecule has 0 bridgehead atoms. The number of nitrogens with one attached hydrogen (secondary N) is 1. The summed E-state index contributed by atoms with van der Waals surface area (Å²) in [5.41, 5.74) is 5.32. The van der Waals surface area contributed by atoms with E-state index in [-0.39, 0.29) is 11.9 Å².